The molecule has 0 saturated heterocycles. The number of para-hydroxylation sites is 2. The van der Waals surface area contributed by atoms with Crippen LogP contribution in [0.1, 0.15) is 24.1 Å². The zero-order valence-electron chi connectivity index (χ0n) is 20.1. The third kappa shape index (κ3) is 5.95. The number of carbonyl (C=O) groups excluding carboxylic acids is 2. The van der Waals surface area contributed by atoms with Crippen LogP contribution in [0, 0.1) is 0 Å². The number of hydrogen-bond acceptors (Lipinski definition) is 7. The number of anilines is 1. The Morgan fingerprint density at radius 2 is 1.64 bits per heavy atom. The van der Waals surface area contributed by atoms with Gasteiger partial charge >= 0.3 is 5.97 Å². The smallest absolute Gasteiger partial charge is 0.338 e. The van der Waals surface area contributed by atoms with Gasteiger partial charge in [-0.15, -0.1) is 0 Å². The molecule has 0 radical (unpaired) electrons. The number of methoxy groups -OCH3 is 1. The molecule has 3 aromatic carbocycles. The van der Waals surface area contributed by atoms with Gasteiger partial charge in [-0.3, -0.25) is 4.79 Å². The number of thioether (sulfide) groups is 1. The Bertz CT molecular complexity index is 1280. The van der Waals surface area contributed by atoms with Crippen molar-refractivity contribution in [2.75, 3.05) is 24.8 Å². The highest BCUT2D eigenvalue weighted by atomic mass is 32.2. The highest BCUT2D eigenvalue weighted by Gasteiger charge is 2.32. The lowest BCUT2D eigenvalue weighted by Crippen LogP contribution is -2.31. The second-order valence-electron chi connectivity index (χ2n) is 7.78. The molecule has 1 atom stereocenters. The van der Waals surface area contributed by atoms with Gasteiger partial charge < -0.3 is 20.1 Å². The topological polar surface area (TPSA) is 89.0 Å². The molecule has 0 aliphatic carbocycles. The molecular formula is C28H27N3O4S. The number of carbonyl (C=O) groups is 2. The fraction of sp³-hybridized carbons (Fsp3) is 0.179. The quantitative estimate of drug-likeness (QED) is 0.421. The number of amidine groups is 1. The minimum absolute atomic E-state index is 0.113. The number of hydrogen-bond donors (Lipinski definition) is 2. The van der Waals surface area contributed by atoms with Gasteiger partial charge in [0.25, 0.3) is 0 Å². The molecule has 0 spiro atoms. The van der Waals surface area contributed by atoms with E-state index in [4.69, 9.17) is 14.5 Å². The first-order valence-corrected chi connectivity index (χ1v) is 12.5. The maximum Gasteiger partial charge on any atom is 0.338 e. The van der Waals surface area contributed by atoms with Crippen LogP contribution < -0.4 is 15.4 Å². The molecule has 1 heterocycles. The lowest BCUT2D eigenvalue weighted by Gasteiger charge is -2.27. The van der Waals surface area contributed by atoms with Crippen LogP contribution in [-0.4, -0.2) is 36.5 Å². The van der Waals surface area contributed by atoms with Crippen molar-refractivity contribution in [3.05, 3.63) is 102 Å². The normalized spacial score (nSPS) is 14.9. The van der Waals surface area contributed by atoms with Crippen LogP contribution in [0.4, 0.5) is 5.69 Å². The summed E-state index contributed by atoms with van der Waals surface area (Å²) in [4.78, 5) is 30.7. The second-order valence-corrected chi connectivity index (χ2v) is 8.75. The molecule has 0 saturated carbocycles. The summed E-state index contributed by atoms with van der Waals surface area (Å²) in [5, 5.41) is 6.70. The van der Waals surface area contributed by atoms with E-state index in [0.717, 1.165) is 11.1 Å². The first-order chi connectivity index (χ1) is 17.6. The largest absolute Gasteiger partial charge is 0.495 e. The van der Waals surface area contributed by atoms with Crippen LogP contribution in [0.3, 0.4) is 0 Å². The van der Waals surface area contributed by atoms with Gasteiger partial charge in [0.15, 0.2) is 5.17 Å². The van der Waals surface area contributed by atoms with Crippen LogP contribution >= 0.6 is 11.8 Å². The third-order valence-corrected chi connectivity index (χ3v) is 6.30. The van der Waals surface area contributed by atoms with Gasteiger partial charge in [0.1, 0.15) is 11.8 Å². The lowest BCUT2D eigenvalue weighted by atomic mass is 9.94. The Kier molecular flexibility index (Phi) is 8.41. The number of benzene rings is 3. The lowest BCUT2D eigenvalue weighted by molar-refractivity contribution is -0.138. The zero-order chi connectivity index (χ0) is 25.3. The number of aliphatic imine (C=N–C) groups is 1. The molecule has 1 amide bonds. The third-order valence-electron chi connectivity index (χ3n) is 5.42. The molecule has 36 heavy (non-hydrogen) atoms. The molecule has 0 unspecified atom stereocenters. The van der Waals surface area contributed by atoms with Gasteiger partial charge in [-0.25, -0.2) is 9.79 Å². The van der Waals surface area contributed by atoms with Crippen LogP contribution in [0.5, 0.6) is 5.75 Å². The fourth-order valence-corrected chi connectivity index (χ4v) is 4.49. The van der Waals surface area contributed by atoms with Crippen molar-refractivity contribution < 1.29 is 19.1 Å². The summed E-state index contributed by atoms with van der Waals surface area (Å²) < 4.78 is 10.7. The van der Waals surface area contributed by atoms with Crippen molar-refractivity contribution in [1.29, 1.82) is 0 Å². The van der Waals surface area contributed by atoms with Gasteiger partial charge in [-0.1, -0.05) is 84.6 Å². The molecule has 0 bridgehead atoms. The maximum atomic E-state index is 13.1. The van der Waals surface area contributed by atoms with Gasteiger partial charge in [0.2, 0.25) is 5.91 Å². The molecule has 1 aliphatic rings. The number of esters is 1. The zero-order valence-corrected chi connectivity index (χ0v) is 20.9. The minimum atomic E-state index is -0.582. The Morgan fingerprint density at radius 3 is 2.33 bits per heavy atom. The second kappa shape index (κ2) is 12.1. The molecule has 3 aromatic rings. The van der Waals surface area contributed by atoms with Crippen LogP contribution in [0.15, 0.2) is 95.5 Å². The van der Waals surface area contributed by atoms with Gasteiger partial charge in [0.05, 0.1) is 36.4 Å². The minimum Gasteiger partial charge on any atom is -0.495 e. The molecule has 1 aliphatic heterocycles. The molecule has 8 heteroatoms. The van der Waals surface area contributed by atoms with Crippen molar-refractivity contribution in [3.63, 3.8) is 0 Å². The van der Waals surface area contributed by atoms with Crippen LogP contribution in [0.25, 0.3) is 5.70 Å². The number of nitrogens with one attached hydrogen (secondary N) is 2. The summed E-state index contributed by atoms with van der Waals surface area (Å²) in [6, 6.07) is 25.8. The Balaban J connectivity index is 1.63. The van der Waals surface area contributed by atoms with E-state index < -0.39 is 12.0 Å². The van der Waals surface area contributed by atoms with E-state index in [1.807, 2.05) is 72.8 Å². The summed E-state index contributed by atoms with van der Waals surface area (Å²) in [5.74, 6) is 0.0648. The van der Waals surface area contributed by atoms with E-state index in [0.29, 0.717) is 27.9 Å². The van der Waals surface area contributed by atoms with Crippen molar-refractivity contribution in [2.45, 2.75) is 13.0 Å². The predicted molar refractivity (Wildman–Crippen MR) is 144 cm³/mol. The number of nitrogens with zero attached hydrogens (tertiary/aromatic N) is 1. The number of ether oxygens (including phenoxy) is 2. The van der Waals surface area contributed by atoms with E-state index in [1.165, 1.54) is 11.8 Å². The summed E-state index contributed by atoms with van der Waals surface area (Å²) in [6.45, 7) is 2.03. The van der Waals surface area contributed by atoms with Crippen molar-refractivity contribution in [1.82, 2.24) is 5.32 Å². The van der Waals surface area contributed by atoms with Crippen LogP contribution in [0.2, 0.25) is 0 Å². The molecular weight excluding hydrogens is 474 g/mol. The molecule has 2 N–H and O–H groups in total. The molecule has 0 fully saturated rings. The summed E-state index contributed by atoms with van der Waals surface area (Å²) in [5.41, 5.74) is 3.32. The van der Waals surface area contributed by atoms with E-state index in [-0.39, 0.29) is 18.3 Å². The van der Waals surface area contributed by atoms with Crippen molar-refractivity contribution >= 4 is 40.2 Å². The van der Waals surface area contributed by atoms with Crippen LogP contribution in [-0.2, 0) is 14.3 Å². The highest BCUT2D eigenvalue weighted by Crippen LogP contribution is 2.36. The molecule has 184 valence electrons. The van der Waals surface area contributed by atoms with E-state index in [1.54, 1.807) is 26.2 Å². The summed E-state index contributed by atoms with van der Waals surface area (Å²) in [7, 11) is 1.56. The Labute approximate surface area is 214 Å². The average Bonchev–Trinajstić information content (AvgIpc) is 2.92. The number of rotatable bonds is 8. The Morgan fingerprint density at radius 1 is 0.972 bits per heavy atom. The summed E-state index contributed by atoms with van der Waals surface area (Å²) in [6.07, 6.45) is 0. The highest BCUT2D eigenvalue weighted by molar-refractivity contribution is 8.14. The van der Waals surface area contributed by atoms with E-state index in [9.17, 15) is 9.59 Å². The Hall–Kier alpha value is -4.04. The van der Waals surface area contributed by atoms with Crippen molar-refractivity contribution in [2.24, 2.45) is 4.99 Å². The van der Waals surface area contributed by atoms with E-state index >= 15 is 0 Å². The molecule has 0 aromatic heterocycles. The SMILES string of the molecule is CCOC(=O)C1=C(c2ccccc2)NC(SCC(=O)Nc2ccccc2OC)=N[C@@H]1c1ccccc1. The van der Waals surface area contributed by atoms with Gasteiger partial charge in [-0.05, 0) is 30.2 Å². The standard InChI is InChI=1S/C28H27N3O4S/c1-3-35-27(33)24-25(19-12-6-4-7-13-19)30-28(31-26(24)20-14-8-5-9-15-20)36-18-23(32)29-21-16-10-11-17-22(21)34-2/h4-17,25H,3,18H2,1-2H3,(H,29,32)(H,30,31)/t25-/m1/s1. The first-order valence-electron chi connectivity index (χ1n) is 11.5. The first kappa shape index (κ1) is 25.1. The van der Waals surface area contributed by atoms with Gasteiger partial charge in [-0.2, -0.15) is 0 Å². The maximum absolute atomic E-state index is 13.1. The number of amides is 1. The van der Waals surface area contributed by atoms with Gasteiger partial charge in [0, 0.05) is 0 Å². The fourth-order valence-electron chi connectivity index (χ4n) is 3.80. The summed E-state index contributed by atoms with van der Waals surface area (Å²) >= 11 is 1.26. The predicted octanol–water partition coefficient (Wildman–Crippen LogP) is 5.04. The monoisotopic (exact) mass is 501 g/mol. The average molecular weight is 502 g/mol. The van der Waals surface area contributed by atoms with E-state index in [2.05, 4.69) is 10.6 Å². The molecule has 4 rings (SSSR count). The molecule has 7 nitrogen and oxygen atoms in total. The van der Waals surface area contributed by atoms with Crippen molar-refractivity contribution in [3.8, 4) is 5.75 Å².